The lowest BCUT2D eigenvalue weighted by Crippen LogP contribution is -2.24. The van der Waals surface area contributed by atoms with Gasteiger partial charge in [0.2, 0.25) is 5.95 Å². The number of carbonyl (C=O) groups excluding carboxylic acids is 1. The smallest absolute Gasteiger partial charge is 0.255 e. The van der Waals surface area contributed by atoms with E-state index in [0.29, 0.717) is 17.0 Å². The number of nitrogens with one attached hydrogen (secondary N) is 1. The summed E-state index contributed by atoms with van der Waals surface area (Å²) in [5.41, 5.74) is 1.14. The molecule has 0 unspecified atom stereocenters. The lowest BCUT2D eigenvalue weighted by Gasteiger charge is -2.10. The number of Topliss-reactive ketones (excluding diaryl/α,β-unsaturated/α-hetero) is 1. The molecule has 0 fully saturated rings. The summed E-state index contributed by atoms with van der Waals surface area (Å²) in [4.78, 5) is 36.3. The van der Waals surface area contributed by atoms with Crippen LogP contribution >= 0.6 is 0 Å². The van der Waals surface area contributed by atoms with E-state index in [0.717, 1.165) is 0 Å². The highest BCUT2D eigenvalue weighted by atomic mass is 16.3. The standard InChI is InChI=1S/C15H13N5O3/c1-20-14(22)6-12(11-2-4-16-9-18-11)19-15(20)17-7-13(21)10-3-5-23-8-10/h2-6,8-9H,7H2,1H3,(H,17,19). The third-order valence-electron chi connectivity index (χ3n) is 3.23. The number of hydrogen-bond donors (Lipinski definition) is 1. The van der Waals surface area contributed by atoms with Crippen molar-refractivity contribution in [1.82, 2.24) is 19.5 Å². The van der Waals surface area contributed by atoms with Crippen molar-refractivity contribution in [3.8, 4) is 11.4 Å². The fourth-order valence-electron chi connectivity index (χ4n) is 1.96. The van der Waals surface area contributed by atoms with E-state index >= 15 is 0 Å². The molecule has 0 amide bonds. The van der Waals surface area contributed by atoms with Crippen LogP contribution in [0.4, 0.5) is 5.95 Å². The first-order valence-electron chi connectivity index (χ1n) is 6.79. The Morgan fingerprint density at radius 3 is 2.91 bits per heavy atom. The number of anilines is 1. The van der Waals surface area contributed by atoms with Crippen LogP contribution in [0.25, 0.3) is 11.4 Å². The lowest BCUT2D eigenvalue weighted by molar-refractivity contribution is 0.100. The molecule has 3 rings (SSSR count). The molecule has 0 atom stereocenters. The van der Waals surface area contributed by atoms with E-state index in [9.17, 15) is 9.59 Å². The molecule has 23 heavy (non-hydrogen) atoms. The summed E-state index contributed by atoms with van der Waals surface area (Å²) in [7, 11) is 1.57. The minimum atomic E-state index is -0.258. The van der Waals surface area contributed by atoms with Crippen LogP contribution in [0.1, 0.15) is 10.4 Å². The average Bonchev–Trinajstić information content (AvgIpc) is 3.11. The summed E-state index contributed by atoms with van der Waals surface area (Å²) >= 11 is 0. The van der Waals surface area contributed by atoms with Gasteiger partial charge in [0, 0.05) is 19.3 Å². The Morgan fingerprint density at radius 2 is 2.22 bits per heavy atom. The maximum atomic E-state index is 12.0. The zero-order valence-corrected chi connectivity index (χ0v) is 12.3. The van der Waals surface area contributed by atoms with Crippen LogP contribution in [-0.2, 0) is 7.05 Å². The Bertz CT molecular complexity index is 872. The van der Waals surface area contributed by atoms with Crippen LogP contribution < -0.4 is 10.9 Å². The largest absolute Gasteiger partial charge is 0.472 e. The molecule has 0 bridgehead atoms. The molecule has 0 saturated heterocycles. The SMILES string of the molecule is Cn1c(NCC(=O)c2ccoc2)nc(-c2ccncn2)cc1=O. The van der Waals surface area contributed by atoms with Gasteiger partial charge in [0.1, 0.15) is 12.6 Å². The molecule has 0 radical (unpaired) electrons. The van der Waals surface area contributed by atoms with Crippen LogP contribution in [0, 0.1) is 0 Å². The first-order chi connectivity index (χ1) is 11.1. The molecule has 8 heteroatoms. The van der Waals surface area contributed by atoms with Crippen LogP contribution in [0.5, 0.6) is 0 Å². The quantitative estimate of drug-likeness (QED) is 0.704. The van der Waals surface area contributed by atoms with Gasteiger partial charge in [-0.15, -0.1) is 0 Å². The maximum absolute atomic E-state index is 12.0. The topological polar surface area (TPSA) is 103 Å². The van der Waals surface area contributed by atoms with Crippen molar-refractivity contribution in [2.75, 3.05) is 11.9 Å². The Labute approximate surface area is 130 Å². The number of aromatic nitrogens is 4. The zero-order chi connectivity index (χ0) is 16.2. The van der Waals surface area contributed by atoms with Crippen LogP contribution in [-0.4, -0.2) is 31.8 Å². The number of hydrogen-bond acceptors (Lipinski definition) is 7. The van der Waals surface area contributed by atoms with Crippen molar-refractivity contribution in [3.05, 3.63) is 59.2 Å². The van der Waals surface area contributed by atoms with Gasteiger partial charge in [-0.05, 0) is 12.1 Å². The summed E-state index contributed by atoms with van der Waals surface area (Å²) in [6.07, 6.45) is 5.74. The third-order valence-corrected chi connectivity index (χ3v) is 3.23. The predicted octanol–water partition coefficient (Wildman–Crippen LogP) is 1.13. The van der Waals surface area contributed by atoms with Gasteiger partial charge in [0.05, 0.1) is 29.8 Å². The Morgan fingerprint density at radius 1 is 1.35 bits per heavy atom. The van der Waals surface area contributed by atoms with Crippen molar-refractivity contribution >= 4 is 11.7 Å². The monoisotopic (exact) mass is 311 g/mol. The van der Waals surface area contributed by atoms with Crippen LogP contribution in [0.3, 0.4) is 0 Å². The Hall–Kier alpha value is -3.29. The lowest BCUT2D eigenvalue weighted by atomic mass is 10.2. The second-order valence-electron chi connectivity index (χ2n) is 4.75. The molecule has 3 aromatic rings. The van der Waals surface area contributed by atoms with Crippen molar-refractivity contribution in [3.63, 3.8) is 0 Å². The van der Waals surface area contributed by atoms with Crippen molar-refractivity contribution in [1.29, 1.82) is 0 Å². The third kappa shape index (κ3) is 3.15. The summed E-state index contributed by atoms with van der Waals surface area (Å²) in [5.74, 6) is 0.114. The van der Waals surface area contributed by atoms with E-state index in [2.05, 4.69) is 20.3 Å². The molecule has 3 heterocycles. The number of rotatable bonds is 5. The minimum Gasteiger partial charge on any atom is -0.472 e. The molecule has 1 N–H and O–H groups in total. The average molecular weight is 311 g/mol. The Kier molecular flexibility index (Phi) is 3.96. The second-order valence-corrected chi connectivity index (χ2v) is 4.75. The normalized spacial score (nSPS) is 10.5. The van der Waals surface area contributed by atoms with Gasteiger partial charge in [0.15, 0.2) is 5.78 Å². The molecule has 116 valence electrons. The fraction of sp³-hybridized carbons (Fsp3) is 0.133. The van der Waals surface area contributed by atoms with Gasteiger partial charge in [-0.2, -0.15) is 0 Å². The van der Waals surface area contributed by atoms with Gasteiger partial charge in [0.25, 0.3) is 5.56 Å². The second kappa shape index (κ2) is 6.22. The van der Waals surface area contributed by atoms with E-state index < -0.39 is 0 Å². The molecule has 0 aliphatic carbocycles. The van der Waals surface area contributed by atoms with E-state index in [4.69, 9.17) is 4.42 Å². The Balaban J connectivity index is 1.86. The predicted molar refractivity (Wildman–Crippen MR) is 82.0 cm³/mol. The van der Waals surface area contributed by atoms with Gasteiger partial charge >= 0.3 is 0 Å². The highest BCUT2D eigenvalue weighted by Crippen LogP contribution is 2.13. The highest BCUT2D eigenvalue weighted by molar-refractivity contribution is 5.98. The van der Waals surface area contributed by atoms with Crippen molar-refractivity contribution in [2.24, 2.45) is 7.05 Å². The molecule has 0 aliphatic rings. The van der Waals surface area contributed by atoms with E-state index in [1.165, 1.54) is 29.5 Å². The van der Waals surface area contributed by atoms with E-state index in [-0.39, 0.29) is 23.8 Å². The summed E-state index contributed by atoms with van der Waals surface area (Å²) < 4.78 is 6.20. The number of ketones is 1. The minimum absolute atomic E-state index is 0.00690. The zero-order valence-electron chi connectivity index (χ0n) is 12.3. The van der Waals surface area contributed by atoms with Crippen molar-refractivity contribution in [2.45, 2.75) is 0 Å². The molecule has 3 aromatic heterocycles. The molecule has 0 aliphatic heterocycles. The summed E-state index contributed by atoms with van der Waals surface area (Å²) in [6.45, 7) is -0.00690. The van der Waals surface area contributed by atoms with E-state index in [1.54, 1.807) is 25.4 Å². The maximum Gasteiger partial charge on any atom is 0.255 e. The summed E-state index contributed by atoms with van der Waals surface area (Å²) in [6, 6.07) is 4.61. The van der Waals surface area contributed by atoms with Crippen LogP contribution in [0.15, 0.2) is 52.5 Å². The fourth-order valence-corrected chi connectivity index (χ4v) is 1.96. The number of carbonyl (C=O) groups is 1. The first-order valence-corrected chi connectivity index (χ1v) is 6.79. The molecule has 0 spiro atoms. The van der Waals surface area contributed by atoms with Gasteiger partial charge in [-0.1, -0.05) is 0 Å². The molecule has 0 aromatic carbocycles. The molecule has 8 nitrogen and oxygen atoms in total. The van der Waals surface area contributed by atoms with Gasteiger partial charge < -0.3 is 9.73 Å². The molecular weight excluding hydrogens is 298 g/mol. The number of nitrogens with zero attached hydrogens (tertiary/aromatic N) is 4. The molecule has 0 saturated carbocycles. The van der Waals surface area contributed by atoms with Crippen molar-refractivity contribution < 1.29 is 9.21 Å². The number of furan rings is 1. The summed E-state index contributed by atoms with van der Waals surface area (Å²) in [5, 5.41) is 2.87. The first kappa shape index (κ1) is 14.6. The van der Waals surface area contributed by atoms with Crippen LogP contribution in [0.2, 0.25) is 0 Å². The van der Waals surface area contributed by atoms with E-state index in [1.807, 2.05) is 0 Å². The highest BCUT2D eigenvalue weighted by Gasteiger charge is 2.11. The van der Waals surface area contributed by atoms with Gasteiger partial charge in [-0.3, -0.25) is 14.2 Å². The molecular formula is C15H13N5O3. The van der Waals surface area contributed by atoms with Gasteiger partial charge in [-0.25, -0.2) is 15.0 Å².